The fourth-order valence-electron chi connectivity index (χ4n) is 2.44. The van der Waals surface area contributed by atoms with Crippen LogP contribution in [0.25, 0.3) is 10.1 Å². The molecule has 1 aromatic carbocycles. The fraction of sp³-hybridized carbons (Fsp3) is 0.429. The fourth-order valence-corrected chi connectivity index (χ4v) is 5.33. The minimum absolute atomic E-state index is 0.244. The Morgan fingerprint density at radius 3 is 2.75 bits per heavy atom. The average Bonchev–Trinajstić information content (AvgIpc) is 3.00. The summed E-state index contributed by atoms with van der Waals surface area (Å²) in [6, 6.07) is 7.36. The van der Waals surface area contributed by atoms with Gasteiger partial charge in [0.1, 0.15) is 4.90 Å². The van der Waals surface area contributed by atoms with Gasteiger partial charge in [-0.25, -0.2) is 13.1 Å². The summed E-state index contributed by atoms with van der Waals surface area (Å²) in [5.41, 5.74) is 0. The number of rotatable bonds is 5. The van der Waals surface area contributed by atoms with Gasteiger partial charge in [-0.2, -0.15) is 0 Å². The van der Waals surface area contributed by atoms with E-state index in [1.165, 1.54) is 11.3 Å². The topological polar surface area (TPSA) is 66.4 Å². The standard InChI is InChI=1S/C14H17NO3S2/c1-9-6-10(9)7-15-20(17,18)14-11-4-2-3-5-12(11)19-13(14)8-16/h2-5,9-10,15-16H,6-8H2,1H3. The lowest BCUT2D eigenvalue weighted by Gasteiger charge is -2.07. The number of sulfonamides is 1. The van der Waals surface area contributed by atoms with Crippen LogP contribution in [0.15, 0.2) is 29.2 Å². The predicted octanol–water partition coefficient (Wildman–Crippen LogP) is 2.33. The summed E-state index contributed by atoms with van der Waals surface area (Å²) in [6.07, 6.45) is 1.08. The first kappa shape index (κ1) is 14.0. The van der Waals surface area contributed by atoms with Gasteiger partial charge in [-0.15, -0.1) is 11.3 Å². The minimum Gasteiger partial charge on any atom is -0.391 e. The van der Waals surface area contributed by atoms with Crippen molar-refractivity contribution in [1.29, 1.82) is 0 Å². The molecular weight excluding hydrogens is 294 g/mol. The molecule has 1 heterocycles. The van der Waals surface area contributed by atoms with Crippen LogP contribution in [0, 0.1) is 11.8 Å². The number of thiophene rings is 1. The first-order valence-electron chi connectivity index (χ1n) is 6.64. The van der Waals surface area contributed by atoms with Crippen molar-refractivity contribution >= 4 is 31.4 Å². The molecule has 0 spiro atoms. The highest BCUT2D eigenvalue weighted by molar-refractivity contribution is 7.90. The van der Waals surface area contributed by atoms with Crippen LogP contribution in [0.1, 0.15) is 18.2 Å². The van der Waals surface area contributed by atoms with E-state index in [1.54, 1.807) is 6.07 Å². The summed E-state index contributed by atoms with van der Waals surface area (Å²) < 4.78 is 28.6. The Hall–Kier alpha value is -0.950. The molecule has 1 saturated carbocycles. The SMILES string of the molecule is CC1CC1CNS(=O)(=O)c1c(CO)sc2ccccc12. The number of hydrogen-bond donors (Lipinski definition) is 2. The highest BCUT2D eigenvalue weighted by Gasteiger charge is 2.34. The number of aliphatic hydroxyl groups is 1. The zero-order chi connectivity index (χ0) is 14.3. The van der Waals surface area contributed by atoms with Crippen LogP contribution in [-0.4, -0.2) is 20.1 Å². The third-order valence-electron chi connectivity index (χ3n) is 3.84. The van der Waals surface area contributed by atoms with Crippen molar-refractivity contribution in [3.8, 4) is 0 Å². The van der Waals surface area contributed by atoms with Gasteiger partial charge >= 0.3 is 0 Å². The van der Waals surface area contributed by atoms with Gasteiger partial charge in [-0.05, 0) is 24.3 Å². The van der Waals surface area contributed by atoms with Gasteiger partial charge < -0.3 is 5.11 Å². The van der Waals surface area contributed by atoms with Gasteiger partial charge in [0, 0.05) is 16.6 Å². The van der Waals surface area contributed by atoms with E-state index in [1.807, 2.05) is 18.2 Å². The van der Waals surface area contributed by atoms with Crippen molar-refractivity contribution in [3.05, 3.63) is 29.1 Å². The van der Waals surface area contributed by atoms with Gasteiger partial charge in [-0.3, -0.25) is 0 Å². The molecule has 2 unspecified atom stereocenters. The second kappa shape index (κ2) is 5.11. The molecule has 20 heavy (non-hydrogen) atoms. The quantitative estimate of drug-likeness (QED) is 0.890. The molecule has 6 heteroatoms. The molecule has 0 aliphatic heterocycles. The summed E-state index contributed by atoms with van der Waals surface area (Å²) in [5, 5.41) is 10.1. The Balaban J connectivity index is 1.98. The van der Waals surface area contributed by atoms with Crippen LogP contribution in [0.5, 0.6) is 0 Å². The molecule has 1 aliphatic rings. The minimum atomic E-state index is -3.56. The highest BCUT2D eigenvalue weighted by Crippen LogP contribution is 2.38. The first-order valence-corrected chi connectivity index (χ1v) is 8.94. The molecule has 0 bridgehead atoms. The van der Waals surface area contributed by atoms with Crippen LogP contribution in [0.4, 0.5) is 0 Å². The lowest BCUT2D eigenvalue weighted by atomic mass is 10.2. The van der Waals surface area contributed by atoms with Crippen molar-refractivity contribution < 1.29 is 13.5 Å². The zero-order valence-electron chi connectivity index (χ0n) is 11.2. The molecular formula is C14H17NO3S2. The number of benzene rings is 1. The van der Waals surface area contributed by atoms with E-state index < -0.39 is 10.0 Å². The van der Waals surface area contributed by atoms with Crippen molar-refractivity contribution in [3.63, 3.8) is 0 Å². The lowest BCUT2D eigenvalue weighted by Crippen LogP contribution is -2.26. The highest BCUT2D eigenvalue weighted by atomic mass is 32.2. The largest absolute Gasteiger partial charge is 0.391 e. The molecule has 2 aromatic rings. The smallest absolute Gasteiger partial charge is 0.242 e. The second-order valence-corrected chi connectivity index (χ2v) is 8.17. The summed E-state index contributed by atoms with van der Waals surface area (Å²) in [5.74, 6) is 1.06. The van der Waals surface area contributed by atoms with Crippen LogP contribution in [0.2, 0.25) is 0 Å². The van der Waals surface area contributed by atoms with Gasteiger partial charge in [-0.1, -0.05) is 25.1 Å². The van der Waals surface area contributed by atoms with Crippen molar-refractivity contribution in [2.24, 2.45) is 11.8 Å². The molecule has 2 atom stereocenters. The van der Waals surface area contributed by atoms with Crippen molar-refractivity contribution in [1.82, 2.24) is 4.72 Å². The van der Waals surface area contributed by atoms with E-state index in [-0.39, 0.29) is 11.5 Å². The van der Waals surface area contributed by atoms with E-state index in [0.29, 0.717) is 28.6 Å². The summed E-state index contributed by atoms with van der Waals surface area (Å²) >= 11 is 1.33. The van der Waals surface area contributed by atoms with Gasteiger partial charge in [0.2, 0.25) is 10.0 Å². The Labute approximate surface area is 122 Å². The second-order valence-electron chi connectivity index (χ2n) is 5.33. The van der Waals surface area contributed by atoms with E-state index in [0.717, 1.165) is 11.1 Å². The molecule has 2 N–H and O–H groups in total. The Morgan fingerprint density at radius 2 is 2.10 bits per heavy atom. The maximum atomic E-state index is 12.5. The molecule has 1 aliphatic carbocycles. The number of aliphatic hydroxyl groups excluding tert-OH is 1. The van der Waals surface area contributed by atoms with Crippen LogP contribution < -0.4 is 4.72 Å². The molecule has 1 aromatic heterocycles. The molecule has 0 amide bonds. The lowest BCUT2D eigenvalue weighted by molar-refractivity contribution is 0.283. The van der Waals surface area contributed by atoms with E-state index in [9.17, 15) is 13.5 Å². The molecule has 4 nitrogen and oxygen atoms in total. The molecule has 0 radical (unpaired) electrons. The third-order valence-corrected chi connectivity index (χ3v) is 6.68. The monoisotopic (exact) mass is 311 g/mol. The van der Waals surface area contributed by atoms with Gasteiger partial charge in [0.05, 0.1) is 11.5 Å². The zero-order valence-corrected chi connectivity index (χ0v) is 12.8. The van der Waals surface area contributed by atoms with Crippen LogP contribution >= 0.6 is 11.3 Å². The molecule has 0 saturated heterocycles. The number of nitrogens with one attached hydrogen (secondary N) is 1. The van der Waals surface area contributed by atoms with E-state index in [4.69, 9.17) is 0 Å². The molecule has 1 fully saturated rings. The average molecular weight is 311 g/mol. The Kier molecular flexibility index (Phi) is 3.58. The summed E-state index contributed by atoms with van der Waals surface area (Å²) in [4.78, 5) is 0.747. The molecule has 3 rings (SSSR count). The maximum Gasteiger partial charge on any atom is 0.242 e. The normalized spacial score (nSPS) is 22.3. The van der Waals surface area contributed by atoms with Gasteiger partial charge in [0.15, 0.2) is 0 Å². The molecule has 108 valence electrons. The van der Waals surface area contributed by atoms with Crippen molar-refractivity contribution in [2.75, 3.05) is 6.54 Å². The predicted molar refractivity (Wildman–Crippen MR) is 80.2 cm³/mol. The van der Waals surface area contributed by atoms with E-state index in [2.05, 4.69) is 11.6 Å². The maximum absolute atomic E-state index is 12.5. The Bertz CT molecular complexity index is 736. The van der Waals surface area contributed by atoms with Crippen LogP contribution in [-0.2, 0) is 16.6 Å². The first-order chi connectivity index (χ1) is 9.53. The number of hydrogen-bond acceptors (Lipinski definition) is 4. The van der Waals surface area contributed by atoms with E-state index >= 15 is 0 Å². The van der Waals surface area contributed by atoms with Gasteiger partial charge in [0.25, 0.3) is 0 Å². The summed E-state index contributed by atoms with van der Waals surface area (Å²) in [6.45, 7) is 2.35. The number of fused-ring (bicyclic) bond motifs is 1. The van der Waals surface area contributed by atoms with Crippen molar-refractivity contribution in [2.45, 2.75) is 24.8 Å². The van der Waals surface area contributed by atoms with Crippen LogP contribution in [0.3, 0.4) is 0 Å². The third kappa shape index (κ3) is 2.48. The summed E-state index contributed by atoms with van der Waals surface area (Å²) in [7, 11) is -3.56. The Morgan fingerprint density at radius 1 is 1.40 bits per heavy atom.